The highest BCUT2D eigenvalue weighted by Gasteiger charge is 2.32. The van der Waals surface area contributed by atoms with E-state index in [2.05, 4.69) is 9.97 Å². The SMILES string of the molecule is COc1cccc(N2CCN(c3cc(C4CC(O)C4)nc(N)n3)CC2=O)c1. The molecule has 2 aliphatic rings. The molecule has 8 heteroatoms. The van der Waals surface area contributed by atoms with Crippen molar-refractivity contribution < 1.29 is 14.6 Å². The van der Waals surface area contributed by atoms with Crippen LogP contribution >= 0.6 is 0 Å². The van der Waals surface area contributed by atoms with Gasteiger partial charge in [-0.25, -0.2) is 4.98 Å². The van der Waals surface area contributed by atoms with Gasteiger partial charge in [0.1, 0.15) is 11.6 Å². The maximum atomic E-state index is 12.7. The van der Waals surface area contributed by atoms with Crippen LogP contribution in [-0.4, -0.2) is 53.8 Å². The molecule has 27 heavy (non-hydrogen) atoms. The predicted molar refractivity (Wildman–Crippen MR) is 102 cm³/mol. The molecule has 2 aromatic rings. The second kappa shape index (κ2) is 7.03. The summed E-state index contributed by atoms with van der Waals surface area (Å²) in [7, 11) is 1.61. The molecular weight excluding hydrogens is 346 g/mol. The molecule has 4 rings (SSSR count). The van der Waals surface area contributed by atoms with Gasteiger partial charge in [-0.1, -0.05) is 6.07 Å². The van der Waals surface area contributed by atoms with Crippen LogP contribution in [-0.2, 0) is 4.79 Å². The average molecular weight is 369 g/mol. The minimum atomic E-state index is -0.261. The van der Waals surface area contributed by atoms with E-state index in [1.54, 1.807) is 12.0 Å². The minimum absolute atomic E-state index is 0.00713. The molecule has 1 aromatic heterocycles. The number of aliphatic hydroxyl groups excluding tert-OH is 1. The lowest BCUT2D eigenvalue weighted by Gasteiger charge is -2.36. The third kappa shape index (κ3) is 3.52. The molecule has 1 saturated carbocycles. The first-order valence-electron chi connectivity index (χ1n) is 9.05. The summed E-state index contributed by atoms with van der Waals surface area (Å²) in [6, 6.07) is 9.38. The lowest BCUT2D eigenvalue weighted by molar-refractivity contribution is -0.117. The zero-order valence-electron chi connectivity index (χ0n) is 15.2. The number of piperazine rings is 1. The van der Waals surface area contributed by atoms with Gasteiger partial charge < -0.3 is 25.4 Å². The van der Waals surface area contributed by atoms with Crippen molar-refractivity contribution >= 4 is 23.4 Å². The molecule has 0 atom stereocenters. The molecule has 0 bridgehead atoms. The number of carbonyl (C=O) groups is 1. The van der Waals surface area contributed by atoms with E-state index in [1.807, 2.05) is 35.2 Å². The van der Waals surface area contributed by atoms with Crippen LogP contribution in [0.25, 0.3) is 0 Å². The van der Waals surface area contributed by atoms with Crippen molar-refractivity contribution in [1.29, 1.82) is 0 Å². The topological polar surface area (TPSA) is 105 Å². The van der Waals surface area contributed by atoms with Crippen molar-refractivity contribution in [1.82, 2.24) is 9.97 Å². The molecule has 2 fully saturated rings. The molecule has 2 heterocycles. The first-order valence-corrected chi connectivity index (χ1v) is 9.05. The van der Waals surface area contributed by atoms with E-state index in [0.29, 0.717) is 31.7 Å². The van der Waals surface area contributed by atoms with Crippen LogP contribution in [0.1, 0.15) is 24.5 Å². The standard InChI is InChI=1S/C19H23N5O3/c1-27-15-4-2-3-13(9-15)24-6-5-23(11-18(24)26)17-10-16(21-19(20)22-17)12-7-14(25)8-12/h2-4,9-10,12,14,25H,5-8,11H2,1H3,(H2,20,21,22). The van der Waals surface area contributed by atoms with Crippen molar-refractivity contribution in [3.05, 3.63) is 36.0 Å². The van der Waals surface area contributed by atoms with Crippen molar-refractivity contribution in [2.45, 2.75) is 24.9 Å². The van der Waals surface area contributed by atoms with E-state index in [4.69, 9.17) is 10.5 Å². The van der Waals surface area contributed by atoms with E-state index in [9.17, 15) is 9.90 Å². The maximum Gasteiger partial charge on any atom is 0.246 e. The van der Waals surface area contributed by atoms with Crippen LogP contribution in [0.2, 0.25) is 0 Å². The Morgan fingerprint density at radius 1 is 1.22 bits per heavy atom. The Hall–Kier alpha value is -2.87. The van der Waals surface area contributed by atoms with Gasteiger partial charge >= 0.3 is 0 Å². The van der Waals surface area contributed by atoms with Crippen LogP contribution in [0, 0.1) is 0 Å². The molecule has 1 aromatic carbocycles. The number of rotatable bonds is 4. The van der Waals surface area contributed by atoms with E-state index in [0.717, 1.165) is 17.1 Å². The third-order valence-corrected chi connectivity index (χ3v) is 5.19. The molecule has 0 unspecified atom stereocenters. The van der Waals surface area contributed by atoms with Gasteiger partial charge in [0, 0.05) is 36.8 Å². The summed E-state index contributed by atoms with van der Waals surface area (Å²) in [6.45, 7) is 1.42. The Morgan fingerprint density at radius 2 is 2.04 bits per heavy atom. The number of aromatic nitrogens is 2. The second-order valence-electron chi connectivity index (χ2n) is 7.00. The molecule has 0 radical (unpaired) electrons. The summed E-state index contributed by atoms with van der Waals surface area (Å²) in [5.74, 6) is 1.79. The summed E-state index contributed by atoms with van der Waals surface area (Å²) in [6.07, 6.45) is 1.12. The van der Waals surface area contributed by atoms with Gasteiger partial charge in [-0.2, -0.15) is 4.98 Å². The summed E-state index contributed by atoms with van der Waals surface area (Å²) >= 11 is 0. The molecule has 1 amide bonds. The highest BCUT2D eigenvalue weighted by molar-refractivity contribution is 5.97. The number of carbonyl (C=O) groups excluding carboxylic acids is 1. The van der Waals surface area contributed by atoms with Gasteiger partial charge in [0.05, 0.1) is 25.5 Å². The predicted octanol–water partition coefficient (Wildman–Crippen LogP) is 1.16. The number of ether oxygens (including phenoxy) is 1. The molecule has 142 valence electrons. The molecular formula is C19H23N5O3. The fraction of sp³-hybridized carbons (Fsp3) is 0.421. The number of nitrogen functional groups attached to an aromatic ring is 1. The summed E-state index contributed by atoms with van der Waals surface area (Å²) in [4.78, 5) is 25.0. The third-order valence-electron chi connectivity index (χ3n) is 5.19. The van der Waals surface area contributed by atoms with Gasteiger partial charge in [-0.3, -0.25) is 4.79 Å². The van der Waals surface area contributed by atoms with Crippen LogP contribution in [0.15, 0.2) is 30.3 Å². The Labute approximate surface area is 157 Å². The van der Waals surface area contributed by atoms with Crippen molar-refractivity contribution in [3.63, 3.8) is 0 Å². The highest BCUT2D eigenvalue weighted by Crippen LogP contribution is 2.37. The van der Waals surface area contributed by atoms with Gasteiger partial charge in [-0.05, 0) is 25.0 Å². The number of aliphatic hydroxyl groups is 1. The number of benzene rings is 1. The first kappa shape index (κ1) is 17.5. The summed E-state index contributed by atoms with van der Waals surface area (Å²) in [5.41, 5.74) is 7.54. The summed E-state index contributed by atoms with van der Waals surface area (Å²) in [5, 5.41) is 9.53. The largest absolute Gasteiger partial charge is 0.497 e. The smallest absolute Gasteiger partial charge is 0.246 e. The zero-order chi connectivity index (χ0) is 19.0. The number of hydrogen-bond acceptors (Lipinski definition) is 7. The quantitative estimate of drug-likeness (QED) is 0.833. The lowest BCUT2D eigenvalue weighted by atomic mass is 9.80. The Morgan fingerprint density at radius 3 is 2.74 bits per heavy atom. The second-order valence-corrected chi connectivity index (χ2v) is 7.00. The molecule has 1 aliphatic carbocycles. The van der Waals surface area contributed by atoms with Crippen molar-refractivity contribution in [2.75, 3.05) is 42.3 Å². The van der Waals surface area contributed by atoms with E-state index < -0.39 is 0 Å². The fourth-order valence-corrected chi connectivity index (χ4v) is 3.59. The number of methoxy groups -OCH3 is 1. The Kier molecular flexibility index (Phi) is 4.57. The van der Waals surface area contributed by atoms with E-state index >= 15 is 0 Å². The van der Waals surface area contributed by atoms with Gasteiger partial charge in [-0.15, -0.1) is 0 Å². The zero-order valence-corrected chi connectivity index (χ0v) is 15.2. The van der Waals surface area contributed by atoms with Crippen molar-refractivity contribution in [2.24, 2.45) is 0 Å². The monoisotopic (exact) mass is 369 g/mol. The Balaban J connectivity index is 1.50. The number of nitrogens with zero attached hydrogens (tertiary/aromatic N) is 4. The lowest BCUT2D eigenvalue weighted by Crippen LogP contribution is -2.51. The van der Waals surface area contributed by atoms with Crippen LogP contribution in [0.4, 0.5) is 17.5 Å². The van der Waals surface area contributed by atoms with Gasteiger partial charge in [0.25, 0.3) is 0 Å². The molecule has 1 aliphatic heterocycles. The Bertz CT molecular complexity index is 853. The van der Waals surface area contributed by atoms with Crippen molar-refractivity contribution in [3.8, 4) is 5.75 Å². The molecule has 1 saturated heterocycles. The van der Waals surface area contributed by atoms with Crippen LogP contribution in [0.5, 0.6) is 5.75 Å². The van der Waals surface area contributed by atoms with Gasteiger partial charge in [0.2, 0.25) is 11.9 Å². The van der Waals surface area contributed by atoms with E-state index in [1.165, 1.54) is 0 Å². The fourth-order valence-electron chi connectivity index (χ4n) is 3.59. The van der Waals surface area contributed by atoms with Gasteiger partial charge in [0.15, 0.2) is 0 Å². The number of nitrogens with two attached hydrogens (primary N) is 1. The number of hydrogen-bond donors (Lipinski definition) is 2. The number of anilines is 3. The highest BCUT2D eigenvalue weighted by atomic mass is 16.5. The molecule has 3 N–H and O–H groups in total. The normalized spacial score (nSPS) is 22.5. The maximum absolute atomic E-state index is 12.7. The number of amides is 1. The average Bonchev–Trinajstić information content (AvgIpc) is 2.65. The molecule has 8 nitrogen and oxygen atoms in total. The first-order chi connectivity index (χ1) is 13.0. The summed E-state index contributed by atoms with van der Waals surface area (Å²) < 4.78 is 5.25. The van der Waals surface area contributed by atoms with Crippen LogP contribution in [0.3, 0.4) is 0 Å². The van der Waals surface area contributed by atoms with Crippen LogP contribution < -0.4 is 20.3 Å². The molecule has 0 spiro atoms. The minimum Gasteiger partial charge on any atom is -0.497 e. The van der Waals surface area contributed by atoms with E-state index in [-0.39, 0.29) is 30.4 Å².